The van der Waals surface area contributed by atoms with Crippen LogP contribution in [-0.4, -0.2) is 32.5 Å². The third-order valence-corrected chi connectivity index (χ3v) is 3.21. The van der Waals surface area contributed by atoms with Gasteiger partial charge in [-0.2, -0.15) is 0 Å². The van der Waals surface area contributed by atoms with Crippen LogP contribution in [0.5, 0.6) is 0 Å². The molecule has 1 fully saturated rings. The lowest BCUT2D eigenvalue weighted by Gasteiger charge is -2.24. The normalized spacial score (nSPS) is 31.7. The van der Waals surface area contributed by atoms with Gasteiger partial charge in [-0.05, 0) is 25.7 Å². The molecule has 0 aliphatic carbocycles. The lowest BCUT2D eigenvalue weighted by molar-refractivity contribution is 0.114. The summed E-state index contributed by atoms with van der Waals surface area (Å²) in [4.78, 5) is 0. The summed E-state index contributed by atoms with van der Waals surface area (Å²) in [6.07, 6.45) is 2.54. The van der Waals surface area contributed by atoms with E-state index in [1.165, 1.54) is 0 Å². The molecule has 0 bridgehead atoms. The van der Waals surface area contributed by atoms with Gasteiger partial charge in [0.1, 0.15) is 0 Å². The molecule has 3 heteroatoms. The van der Waals surface area contributed by atoms with Gasteiger partial charge in [0.05, 0.1) is 12.7 Å². The Hall–Kier alpha value is -0.120. The SMILES string of the molecule is COCCC(C)C(N)C1COC(C)C1. The molecular weight excluding hydrogens is 178 g/mol. The molecule has 84 valence electrons. The molecule has 1 heterocycles. The molecule has 0 aromatic carbocycles. The van der Waals surface area contributed by atoms with E-state index in [1.807, 2.05) is 0 Å². The predicted octanol–water partition coefficient (Wildman–Crippen LogP) is 1.41. The van der Waals surface area contributed by atoms with Crippen molar-refractivity contribution in [1.82, 2.24) is 0 Å². The summed E-state index contributed by atoms with van der Waals surface area (Å²) >= 11 is 0. The maximum absolute atomic E-state index is 6.19. The second kappa shape index (κ2) is 5.69. The van der Waals surface area contributed by atoms with E-state index in [9.17, 15) is 0 Å². The Labute approximate surface area is 86.9 Å². The Morgan fingerprint density at radius 3 is 2.79 bits per heavy atom. The fraction of sp³-hybridized carbons (Fsp3) is 1.00. The first-order valence-corrected chi connectivity index (χ1v) is 5.51. The van der Waals surface area contributed by atoms with E-state index < -0.39 is 0 Å². The van der Waals surface area contributed by atoms with Crippen molar-refractivity contribution < 1.29 is 9.47 Å². The van der Waals surface area contributed by atoms with Crippen molar-refractivity contribution in [3.05, 3.63) is 0 Å². The van der Waals surface area contributed by atoms with Gasteiger partial charge >= 0.3 is 0 Å². The van der Waals surface area contributed by atoms with Crippen molar-refractivity contribution >= 4 is 0 Å². The van der Waals surface area contributed by atoms with E-state index in [1.54, 1.807) is 7.11 Å². The van der Waals surface area contributed by atoms with Gasteiger partial charge in [0.15, 0.2) is 0 Å². The average Bonchev–Trinajstić information content (AvgIpc) is 2.60. The van der Waals surface area contributed by atoms with Crippen LogP contribution in [0.15, 0.2) is 0 Å². The molecule has 3 nitrogen and oxygen atoms in total. The van der Waals surface area contributed by atoms with Crippen molar-refractivity contribution in [2.45, 2.75) is 38.8 Å². The number of methoxy groups -OCH3 is 1. The van der Waals surface area contributed by atoms with Gasteiger partial charge in [0.2, 0.25) is 0 Å². The number of rotatable bonds is 5. The highest BCUT2D eigenvalue weighted by Crippen LogP contribution is 2.25. The molecule has 14 heavy (non-hydrogen) atoms. The van der Waals surface area contributed by atoms with Gasteiger partial charge in [-0.25, -0.2) is 0 Å². The van der Waals surface area contributed by atoms with Crippen LogP contribution in [0.25, 0.3) is 0 Å². The van der Waals surface area contributed by atoms with E-state index in [2.05, 4.69) is 13.8 Å². The van der Waals surface area contributed by atoms with Gasteiger partial charge in [0, 0.05) is 25.7 Å². The Morgan fingerprint density at radius 2 is 2.29 bits per heavy atom. The van der Waals surface area contributed by atoms with Crippen LogP contribution < -0.4 is 5.73 Å². The summed E-state index contributed by atoms with van der Waals surface area (Å²) in [5.74, 6) is 1.06. The molecule has 0 aromatic rings. The number of hydrogen-bond acceptors (Lipinski definition) is 3. The molecule has 0 saturated carbocycles. The number of nitrogens with two attached hydrogens (primary N) is 1. The maximum atomic E-state index is 6.19. The Balaban J connectivity index is 2.28. The van der Waals surface area contributed by atoms with Crippen molar-refractivity contribution in [3.8, 4) is 0 Å². The van der Waals surface area contributed by atoms with E-state index in [0.29, 0.717) is 17.9 Å². The third-order valence-electron chi connectivity index (χ3n) is 3.21. The minimum Gasteiger partial charge on any atom is -0.385 e. The zero-order valence-electron chi connectivity index (χ0n) is 9.53. The largest absolute Gasteiger partial charge is 0.385 e. The third kappa shape index (κ3) is 3.23. The lowest BCUT2D eigenvalue weighted by atomic mass is 9.87. The first-order chi connectivity index (χ1) is 6.65. The maximum Gasteiger partial charge on any atom is 0.0551 e. The Bertz CT molecular complexity index is 163. The monoisotopic (exact) mass is 201 g/mol. The van der Waals surface area contributed by atoms with Crippen LogP contribution in [0.1, 0.15) is 26.7 Å². The molecule has 4 atom stereocenters. The van der Waals surface area contributed by atoms with Crippen LogP contribution in [0.4, 0.5) is 0 Å². The van der Waals surface area contributed by atoms with Crippen LogP contribution in [0.2, 0.25) is 0 Å². The molecule has 0 amide bonds. The molecule has 1 saturated heterocycles. The van der Waals surface area contributed by atoms with Gasteiger partial charge in [0.25, 0.3) is 0 Å². The van der Waals surface area contributed by atoms with E-state index >= 15 is 0 Å². The molecule has 1 rings (SSSR count). The quantitative estimate of drug-likeness (QED) is 0.731. The second-order valence-electron chi connectivity index (χ2n) is 4.48. The zero-order valence-corrected chi connectivity index (χ0v) is 9.53. The Kier molecular flexibility index (Phi) is 4.85. The van der Waals surface area contributed by atoms with E-state index in [4.69, 9.17) is 15.2 Å². The summed E-state index contributed by atoms with van der Waals surface area (Å²) in [5.41, 5.74) is 6.19. The highest BCUT2D eigenvalue weighted by Gasteiger charge is 2.30. The fourth-order valence-electron chi connectivity index (χ4n) is 2.08. The van der Waals surface area contributed by atoms with Crippen molar-refractivity contribution in [1.29, 1.82) is 0 Å². The summed E-state index contributed by atoms with van der Waals surface area (Å²) in [5, 5.41) is 0. The van der Waals surface area contributed by atoms with Gasteiger partial charge in [-0.3, -0.25) is 0 Å². The van der Waals surface area contributed by atoms with Gasteiger partial charge < -0.3 is 15.2 Å². The van der Waals surface area contributed by atoms with Crippen molar-refractivity contribution in [2.75, 3.05) is 20.3 Å². The standard InChI is InChI=1S/C11H23NO2/c1-8(4-5-13-3)11(12)10-6-9(2)14-7-10/h8-11H,4-7,12H2,1-3H3. The molecular formula is C11H23NO2. The zero-order chi connectivity index (χ0) is 10.6. The topological polar surface area (TPSA) is 44.5 Å². The van der Waals surface area contributed by atoms with Gasteiger partial charge in [-0.1, -0.05) is 6.92 Å². The number of ether oxygens (including phenoxy) is 2. The second-order valence-corrected chi connectivity index (χ2v) is 4.48. The smallest absolute Gasteiger partial charge is 0.0551 e. The molecule has 4 unspecified atom stereocenters. The van der Waals surface area contributed by atoms with Crippen LogP contribution in [0, 0.1) is 11.8 Å². The summed E-state index contributed by atoms with van der Waals surface area (Å²) in [6.45, 7) is 5.96. The van der Waals surface area contributed by atoms with Crippen molar-refractivity contribution in [3.63, 3.8) is 0 Å². The molecule has 2 N–H and O–H groups in total. The first kappa shape index (κ1) is 12.0. The minimum absolute atomic E-state index is 0.259. The molecule has 1 aliphatic heterocycles. The molecule has 1 aliphatic rings. The highest BCUT2D eigenvalue weighted by molar-refractivity contribution is 4.83. The minimum atomic E-state index is 0.259. The first-order valence-electron chi connectivity index (χ1n) is 5.51. The molecule has 0 radical (unpaired) electrons. The highest BCUT2D eigenvalue weighted by atomic mass is 16.5. The van der Waals surface area contributed by atoms with Crippen LogP contribution in [-0.2, 0) is 9.47 Å². The van der Waals surface area contributed by atoms with Crippen LogP contribution in [0.3, 0.4) is 0 Å². The van der Waals surface area contributed by atoms with Crippen molar-refractivity contribution in [2.24, 2.45) is 17.6 Å². The average molecular weight is 201 g/mol. The van der Waals surface area contributed by atoms with E-state index in [0.717, 1.165) is 26.1 Å². The number of hydrogen-bond donors (Lipinski definition) is 1. The molecule has 0 aromatic heterocycles. The summed E-state index contributed by atoms with van der Waals surface area (Å²) in [6, 6.07) is 0.259. The lowest BCUT2D eigenvalue weighted by Crippen LogP contribution is -2.37. The fourth-order valence-corrected chi connectivity index (χ4v) is 2.08. The predicted molar refractivity (Wildman–Crippen MR) is 57.2 cm³/mol. The van der Waals surface area contributed by atoms with Crippen LogP contribution >= 0.6 is 0 Å². The summed E-state index contributed by atoms with van der Waals surface area (Å²) < 4.78 is 10.6. The van der Waals surface area contributed by atoms with E-state index in [-0.39, 0.29) is 6.04 Å². The molecule has 0 spiro atoms. The summed E-state index contributed by atoms with van der Waals surface area (Å²) in [7, 11) is 1.74. The van der Waals surface area contributed by atoms with Gasteiger partial charge in [-0.15, -0.1) is 0 Å². The Morgan fingerprint density at radius 1 is 1.57 bits per heavy atom.